The summed E-state index contributed by atoms with van der Waals surface area (Å²) in [5.41, 5.74) is 2.78. The van der Waals surface area contributed by atoms with E-state index in [0.29, 0.717) is 26.6 Å². The summed E-state index contributed by atoms with van der Waals surface area (Å²) in [7, 11) is 1.59. The van der Waals surface area contributed by atoms with Crippen molar-refractivity contribution in [3.05, 3.63) is 57.6 Å². The van der Waals surface area contributed by atoms with Crippen LogP contribution >= 0.6 is 23.2 Å². The number of carboxylic acids is 1. The summed E-state index contributed by atoms with van der Waals surface area (Å²) >= 11 is 12.2. The number of benzene rings is 2. The Labute approximate surface area is 148 Å². The molecule has 0 fully saturated rings. The van der Waals surface area contributed by atoms with Crippen molar-refractivity contribution < 1.29 is 14.6 Å². The lowest BCUT2D eigenvalue weighted by molar-refractivity contribution is 0.0699. The van der Waals surface area contributed by atoms with Gasteiger partial charge in [0.05, 0.1) is 28.9 Å². The van der Waals surface area contributed by atoms with Gasteiger partial charge in [-0.25, -0.2) is 9.78 Å². The largest absolute Gasteiger partial charge is 0.497 e. The molecule has 0 aliphatic carbocycles. The van der Waals surface area contributed by atoms with Crippen LogP contribution in [0.4, 0.5) is 0 Å². The van der Waals surface area contributed by atoms with E-state index >= 15 is 0 Å². The summed E-state index contributed by atoms with van der Waals surface area (Å²) in [6.07, 6.45) is 0. The molecular formula is C18H13Cl2NO3. The summed E-state index contributed by atoms with van der Waals surface area (Å²) in [5, 5.41) is 10.6. The molecular weight excluding hydrogens is 349 g/mol. The third kappa shape index (κ3) is 2.90. The fraction of sp³-hybridized carbons (Fsp3) is 0.111. The minimum Gasteiger partial charge on any atom is -0.497 e. The van der Waals surface area contributed by atoms with E-state index in [-0.39, 0.29) is 5.56 Å². The van der Waals surface area contributed by atoms with Gasteiger partial charge < -0.3 is 9.84 Å². The fourth-order valence-corrected chi connectivity index (χ4v) is 3.15. The molecule has 0 saturated heterocycles. The van der Waals surface area contributed by atoms with Crippen molar-refractivity contribution in [1.82, 2.24) is 4.98 Å². The maximum atomic E-state index is 11.7. The standard InChI is InChI=1S/C18H13Cl2NO3/c1-9-5-11(24-2)3-4-12(9)16-8-14(18(22)23)13-6-10(19)7-15(20)17(13)21-16/h3-8H,1-2H3,(H,22,23). The number of nitrogens with zero attached hydrogens (tertiary/aromatic N) is 1. The highest BCUT2D eigenvalue weighted by molar-refractivity contribution is 6.38. The predicted molar refractivity (Wildman–Crippen MR) is 95.4 cm³/mol. The average molecular weight is 362 g/mol. The molecule has 0 radical (unpaired) electrons. The Balaban J connectivity index is 2.32. The summed E-state index contributed by atoms with van der Waals surface area (Å²) < 4.78 is 5.20. The zero-order valence-electron chi connectivity index (χ0n) is 12.9. The Bertz CT molecular complexity index is 970. The van der Waals surface area contributed by atoms with Crippen LogP contribution in [0.1, 0.15) is 15.9 Å². The summed E-state index contributed by atoms with van der Waals surface area (Å²) in [6.45, 7) is 1.91. The molecule has 0 aliphatic heterocycles. The average Bonchev–Trinajstić information content (AvgIpc) is 2.53. The number of ether oxygens (including phenoxy) is 1. The van der Waals surface area contributed by atoms with Crippen LogP contribution in [0.15, 0.2) is 36.4 Å². The van der Waals surface area contributed by atoms with Crippen molar-refractivity contribution in [3.8, 4) is 17.0 Å². The van der Waals surface area contributed by atoms with E-state index in [9.17, 15) is 9.90 Å². The molecule has 1 N–H and O–H groups in total. The first-order valence-electron chi connectivity index (χ1n) is 7.09. The Kier molecular flexibility index (Phi) is 4.35. The molecule has 2 aromatic carbocycles. The maximum Gasteiger partial charge on any atom is 0.336 e. The van der Waals surface area contributed by atoms with Crippen LogP contribution in [-0.2, 0) is 0 Å². The molecule has 0 atom stereocenters. The summed E-state index contributed by atoms with van der Waals surface area (Å²) in [6, 6.07) is 10.2. The van der Waals surface area contributed by atoms with Gasteiger partial charge >= 0.3 is 5.97 Å². The van der Waals surface area contributed by atoms with Gasteiger partial charge in [-0.05, 0) is 48.9 Å². The van der Waals surface area contributed by atoms with Crippen LogP contribution < -0.4 is 4.74 Å². The van der Waals surface area contributed by atoms with Crippen LogP contribution in [0.25, 0.3) is 22.2 Å². The number of pyridine rings is 1. The van der Waals surface area contributed by atoms with Crippen molar-refractivity contribution in [3.63, 3.8) is 0 Å². The molecule has 3 rings (SSSR count). The number of carbonyl (C=O) groups is 1. The van der Waals surface area contributed by atoms with Crippen molar-refractivity contribution in [2.24, 2.45) is 0 Å². The molecule has 0 saturated carbocycles. The highest BCUT2D eigenvalue weighted by Crippen LogP contribution is 2.33. The van der Waals surface area contributed by atoms with Crippen LogP contribution in [0.5, 0.6) is 5.75 Å². The first-order chi connectivity index (χ1) is 11.4. The van der Waals surface area contributed by atoms with Crippen LogP contribution in [-0.4, -0.2) is 23.2 Å². The third-order valence-electron chi connectivity index (χ3n) is 3.77. The SMILES string of the molecule is COc1ccc(-c2cc(C(=O)O)c3cc(Cl)cc(Cl)c3n2)c(C)c1. The van der Waals surface area contributed by atoms with Gasteiger partial charge in [0.15, 0.2) is 0 Å². The normalized spacial score (nSPS) is 10.8. The second-order valence-electron chi connectivity index (χ2n) is 5.32. The highest BCUT2D eigenvalue weighted by Gasteiger charge is 2.16. The fourth-order valence-electron chi connectivity index (χ4n) is 2.62. The Hall–Kier alpha value is -2.30. The van der Waals surface area contributed by atoms with Crippen LogP contribution in [0, 0.1) is 6.92 Å². The molecule has 1 heterocycles. The van der Waals surface area contributed by atoms with Gasteiger partial charge in [0.1, 0.15) is 5.75 Å². The van der Waals surface area contributed by atoms with E-state index in [4.69, 9.17) is 27.9 Å². The van der Waals surface area contributed by atoms with Crippen molar-refractivity contribution in [2.75, 3.05) is 7.11 Å². The molecule has 122 valence electrons. The zero-order chi connectivity index (χ0) is 17.4. The number of aromatic nitrogens is 1. The molecule has 0 aliphatic rings. The number of fused-ring (bicyclic) bond motifs is 1. The van der Waals surface area contributed by atoms with Crippen molar-refractivity contribution in [1.29, 1.82) is 0 Å². The lowest BCUT2D eigenvalue weighted by Crippen LogP contribution is -2.01. The number of hydrogen-bond acceptors (Lipinski definition) is 3. The number of halogens is 2. The lowest BCUT2D eigenvalue weighted by atomic mass is 10.0. The Morgan fingerprint density at radius 2 is 1.92 bits per heavy atom. The first kappa shape index (κ1) is 16.6. The minimum atomic E-state index is -1.06. The van der Waals surface area contributed by atoms with Crippen LogP contribution in [0.2, 0.25) is 10.0 Å². The van der Waals surface area contributed by atoms with Crippen molar-refractivity contribution >= 4 is 40.1 Å². The van der Waals surface area contributed by atoms with E-state index in [1.165, 1.54) is 6.07 Å². The van der Waals surface area contributed by atoms with Crippen molar-refractivity contribution in [2.45, 2.75) is 6.92 Å². The summed E-state index contributed by atoms with van der Waals surface area (Å²) in [4.78, 5) is 16.2. The Morgan fingerprint density at radius 3 is 2.54 bits per heavy atom. The topological polar surface area (TPSA) is 59.4 Å². The molecule has 0 bridgehead atoms. The third-order valence-corrected chi connectivity index (χ3v) is 4.28. The predicted octanol–water partition coefficient (Wildman–Crippen LogP) is 5.22. The number of rotatable bonds is 3. The molecule has 4 nitrogen and oxygen atoms in total. The minimum absolute atomic E-state index is 0.106. The van der Waals surface area contributed by atoms with Gasteiger partial charge in [-0.2, -0.15) is 0 Å². The number of carboxylic acid groups (broad SMARTS) is 1. The van der Waals surface area contributed by atoms with Gasteiger partial charge in [0.2, 0.25) is 0 Å². The van der Waals surface area contributed by atoms with Gasteiger partial charge in [0, 0.05) is 16.0 Å². The summed E-state index contributed by atoms with van der Waals surface area (Å²) in [5.74, 6) is -0.339. The maximum absolute atomic E-state index is 11.7. The number of aromatic carboxylic acids is 1. The van der Waals surface area contributed by atoms with Gasteiger partial charge in [-0.3, -0.25) is 0 Å². The van der Waals surface area contributed by atoms with E-state index in [1.807, 2.05) is 19.1 Å². The molecule has 0 unspecified atom stereocenters. The molecule has 0 amide bonds. The molecule has 24 heavy (non-hydrogen) atoms. The number of methoxy groups -OCH3 is 1. The molecule has 6 heteroatoms. The second-order valence-corrected chi connectivity index (χ2v) is 6.17. The van der Waals surface area contributed by atoms with Gasteiger partial charge in [-0.1, -0.05) is 23.2 Å². The van der Waals surface area contributed by atoms with E-state index in [0.717, 1.165) is 16.9 Å². The van der Waals surface area contributed by atoms with E-state index in [1.54, 1.807) is 25.3 Å². The second kappa shape index (κ2) is 6.30. The van der Waals surface area contributed by atoms with E-state index < -0.39 is 5.97 Å². The highest BCUT2D eigenvalue weighted by atomic mass is 35.5. The first-order valence-corrected chi connectivity index (χ1v) is 7.84. The Morgan fingerprint density at radius 1 is 1.17 bits per heavy atom. The number of aryl methyl sites for hydroxylation is 1. The zero-order valence-corrected chi connectivity index (χ0v) is 14.4. The van der Waals surface area contributed by atoms with Gasteiger partial charge in [0.25, 0.3) is 0 Å². The van der Waals surface area contributed by atoms with Crippen LogP contribution in [0.3, 0.4) is 0 Å². The molecule has 3 aromatic rings. The molecule has 1 aromatic heterocycles. The number of hydrogen-bond donors (Lipinski definition) is 1. The smallest absolute Gasteiger partial charge is 0.336 e. The lowest BCUT2D eigenvalue weighted by Gasteiger charge is -2.11. The monoisotopic (exact) mass is 361 g/mol. The molecule has 0 spiro atoms. The van der Waals surface area contributed by atoms with E-state index in [2.05, 4.69) is 4.98 Å². The van der Waals surface area contributed by atoms with Gasteiger partial charge in [-0.15, -0.1) is 0 Å². The quantitative estimate of drug-likeness (QED) is 0.694.